The van der Waals surface area contributed by atoms with Crippen LogP contribution in [0.3, 0.4) is 0 Å². The van der Waals surface area contributed by atoms with Crippen LogP contribution in [0.1, 0.15) is 6.92 Å². The fourth-order valence-corrected chi connectivity index (χ4v) is 2.84. The lowest BCUT2D eigenvalue weighted by Gasteiger charge is -2.35. The van der Waals surface area contributed by atoms with Gasteiger partial charge >= 0.3 is 6.09 Å². The summed E-state index contributed by atoms with van der Waals surface area (Å²) in [4.78, 5) is 15.3. The van der Waals surface area contributed by atoms with Crippen molar-refractivity contribution in [2.45, 2.75) is 6.92 Å². The normalized spacial score (nSPS) is 14.7. The average molecular weight is 362 g/mol. The molecule has 1 heterocycles. The molecule has 0 bridgehead atoms. The largest absolute Gasteiger partial charge is 0.450 e. The van der Waals surface area contributed by atoms with E-state index in [9.17, 15) is 4.79 Å². The molecular formula is C14H17Cl2N3O2S. The maximum Gasteiger partial charge on any atom is 0.409 e. The van der Waals surface area contributed by atoms with Crippen LogP contribution in [0.2, 0.25) is 10.0 Å². The zero-order valence-electron chi connectivity index (χ0n) is 12.1. The second kappa shape index (κ2) is 7.85. The van der Waals surface area contributed by atoms with Crippen LogP contribution < -0.4 is 5.32 Å². The molecule has 1 aromatic rings. The Morgan fingerprint density at radius 2 is 1.91 bits per heavy atom. The highest BCUT2D eigenvalue weighted by atomic mass is 35.5. The van der Waals surface area contributed by atoms with Crippen molar-refractivity contribution < 1.29 is 9.53 Å². The molecule has 0 unspecified atom stereocenters. The van der Waals surface area contributed by atoms with Gasteiger partial charge < -0.3 is 19.9 Å². The molecule has 1 aliphatic heterocycles. The number of nitrogens with one attached hydrogen (secondary N) is 1. The molecule has 120 valence electrons. The molecule has 5 nitrogen and oxygen atoms in total. The summed E-state index contributed by atoms with van der Waals surface area (Å²) in [6.45, 7) is 4.63. The minimum absolute atomic E-state index is 0.276. The Kier molecular flexibility index (Phi) is 6.11. The molecule has 22 heavy (non-hydrogen) atoms. The third-order valence-corrected chi connectivity index (χ3v) is 4.17. The van der Waals surface area contributed by atoms with Gasteiger partial charge in [-0.2, -0.15) is 0 Å². The predicted octanol–water partition coefficient (Wildman–Crippen LogP) is 3.46. The summed E-state index contributed by atoms with van der Waals surface area (Å²) in [5.41, 5.74) is 0.712. The number of benzene rings is 1. The first kappa shape index (κ1) is 17.1. The molecule has 0 saturated carbocycles. The average Bonchev–Trinajstić information content (AvgIpc) is 2.50. The van der Waals surface area contributed by atoms with Crippen LogP contribution in [0.15, 0.2) is 18.2 Å². The molecule has 1 amide bonds. The SMILES string of the molecule is CCOC(=O)N1CCN(C(=S)Nc2ccc(Cl)cc2Cl)CC1. The monoisotopic (exact) mass is 361 g/mol. The summed E-state index contributed by atoms with van der Waals surface area (Å²) >= 11 is 17.4. The van der Waals surface area contributed by atoms with Gasteiger partial charge in [0.25, 0.3) is 0 Å². The lowest BCUT2D eigenvalue weighted by Crippen LogP contribution is -2.51. The van der Waals surface area contributed by atoms with Gasteiger partial charge in [0, 0.05) is 31.2 Å². The molecule has 0 aromatic heterocycles. The Morgan fingerprint density at radius 1 is 1.27 bits per heavy atom. The summed E-state index contributed by atoms with van der Waals surface area (Å²) in [5.74, 6) is 0. The van der Waals surface area contributed by atoms with E-state index in [0.717, 1.165) is 0 Å². The maximum atomic E-state index is 11.6. The highest BCUT2D eigenvalue weighted by molar-refractivity contribution is 7.80. The Labute approximate surface area is 145 Å². The smallest absolute Gasteiger partial charge is 0.409 e. The number of amides is 1. The van der Waals surface area contributed by atoms with E-state index < -0.39 is 0 Å². The van der Waals surface area contributed by atoms with Gasteiger partial charge in [-0.3, -0.25) is 0 Å². The molecule has 1 saturated heterocycles. The van der Waals surface area contributed by atoms with Crippen LogP contribution in [-0.2, 0) is 4.74 Å². The number of hydrogen-bond acceptors (Lipinski definition) is 3. The Bertz CT molecular complexity index is 563. The number of nitrogens with zero attached hydrogens (tertiary/aromatic N) is 2. The van der Waals surface area contributed by atoms with E-state index >= 15 is 0 Å². The molecule has 0 aliphatic carbocycles. The summed E-state index contributed by atoms with van der Waals surface area (Å²) < 4.78 is 4.99. The molecule has 8 heteroatoms. The van der Waals surface area contributed by atoms with E-state index in [-0.39, 0.29) is 6.09 Å². The first-order chi connectivity index (χ1) is 10.5. The molecule has 0 atom stereocenters. The summed E-state index contributed by atoms with van der Waals surface area (Å²) in [7, 11) is 0. The van der Waals surface area contributed by atoms with Gasteiger partial charge in [-0.1, -0.05) is 23.2 Å². The third-order valence-electron chi connectivity index (χ3n) is 3.27. The van der Waals surface area contributed by atoms with E-state index in [1.165, 1.54) is 0 Å². The maximum absolute atomic E-state index is 11.6. The van der Waals surface area contributed by atoms with E-state index in [2.05, 4.69) is 5.32 Å². The van der Waals surface area contributed by atoms with Crippen molar-refractivity contribution in [3.8, 4) is 0 Å². The predicted molar refractivity (Wildman–Crippen MR) is 92.9 cm³/mol. The Morgan fingerprint density at radius 3 is 2.50 bits per heavy atom. The number of carbonyl (C=O) groups is 1. The van der Waals surface area contributed by atoms with Crippen LogP contribution in [0, 0.1) is 0 Å². The number of thiocarbonyl (C=S) groups is 1. The van der Waals surface area contributed by atoms with Gasteiger partial charge in [0.05, 0.1) is 17.3 Å². The van der Waals surface area contributed by atoms with Gasteiger partial charge in [-0.25, -0.2) is 4.79 Å². The van der Waals surface area contributed by atoms with Crippen LogP contribution in [0.5, 0.6) is 0 Å². The van der Waals surface area contributed by atoms with E-state index in [4.69, 9.17) is 40.2 Å². The lowest BCUT2D eigenvalue weighted by atomic mass is 10.3. The summed E-state index contributed by atoms with van der Waals surface area (Å²) in [5, 5.41) is 4.77. The highest BCUT2D eigenvalue weighted by Crippen LogP contribution is 2.25. The second-order valence-corrected chi connectivity index (χ2v) is 5.96. The van der Waals surface area contributed by atoms with Crippen LogP contribution in [0.4, 0.5) is 10.5 Å². The molecule has 1 aromatic carbocycles. The Balaban J connectivity index is 1.88. The van der Waals surface area contributed by atoms with Gasteiger partial charge in [0.1, 0.15) is 0 Å². The minimum Gasteiger partial charge on any atom is -0.450 e. The van der Waals surface area contributed by atoms with Crippen molar-refractivity contribution in [1.82, 2.24) is 9.80 Å². The highest BCUT2D eigenvalue weighted by Gasteiger charge is 2.23. The summed E-state index contributed by atoms with van der Waals surface area (Å²) in [6, 6.07) is 5.19. The zero-order chi connectivity index (χ0) is 16.1. The number of rotatable bonds is 2. The fourth-order valence-electron chi connectivity index (χ4n) is 2.09. The number of halogens is 2. The summed E-state index contributed by atoms with van der Waals surface area (Å²) in [6.07, 6.45) is -0.276. The molecule has 1 N–H and O–H groups in total. The second-order valence-electron chi connectivity index (χ2n) is 4.73. The third kappa shape index (κ3) is 4.38. The van der Waals surface area contributed by atoms with E-state index in [1.807, 2.05) is 4.90 Å². The van der Waals surface area contributed by atoms with E-state index in [1.54, 1.807) is 30.0 Å². The molecule has 0 radical (unpaired) electrons. The van der Waals surface area contributed by atoms with Crippen molar-refractivity contribution in [2.24, 2.45) is 0 Å². The molecular weight excluding hydrogens is 345 g/mol. The van der Waals surface area contributed by atoms with Gasteiger partial charge in [-0.05, 0) is 37.3 Å². The van der Waals surface area contributed by atoms with Crippen molar-refractivity contribution in [3.63, 3.8) is 0 Å². The fraction of sp³-hybridized carbons (Fsp3) is 0.429. The van der Waals surface area contributed by atoms with Crippen molar-refractivity contribution >= 4 is 52.3 Å². The number of anilines is 1. The van der Waals surface area contributed by atoms with Crippen LogP contribution in [-0.4, -0.2) is 53.8 Å². The number of piperazine rings is 1. The van der Waals surface area contributed by atoms with Crippen molar-refractivity contribution in [2.75, 3.05) is 38.1 Å². The number of hydrogen-bond donors (Lipinski definition) is 1. The minimum atomic E-state index is -0.276. The molecule has 1 aliphatic rings. The van der Waals surface area contributed by atoms with Crippen molar-refractivity contribution in [1.29, 1.82) is 0 Å². The molecule has 0 spiro atoms. The lowest BCUT2D eigenvalue weighted by molar-refractivity contribution is 0.0923. The standard InChI is InChI=1S/C14H17Cl2N3O2S/c1-2-21-14(20)19-7-5-18(6-8-19)13(22)17-12-4-3-10(15)9-11(12)16/h3-4,9H,2,5-8H2,1H3,(H,17,22). The van der Waals surface area contributed by atoms with Gasteiger partial charge in [0.2, 0.25) is 0 Å². The first-order valence-corrected chi connectivity index (χ1v) is 8.10. The number of ether oxygens (including phenoxy) is 1. The van der Waals surface area contributed by atoms with Gasteiger partial charge in [-0.15, -0.1) is 0 Å². The molecule has 2 rings (SSSR count). The first-order valence-electron chi connectivity index (χ1n) is 6.94. The van der Waals surface area contributed by atoms with Crippen LogP contribution in [0.25, 0.3) is 0 Å². The van der Waals surface area contributed by atoms with Gasteiger partial charge in [0.15, 0.2) is 5.11 Å². The topological polar surface area (TPSA) is 44.8 Å². The molecule has 1 fully saturated rings. The van der Waals surface area contributed by atoms with Crippen molar-refractivity contribution in [3.05, 3.63) is 28.2 Å². The quantitative estimate of drug-likeness (QED) is 0.817. The van der Waals surface area contributed by atoms with Crippen LogP contribution >= 0.6 is 35.4 Å². The Hall–Kier alpha value is -1.24. The zero-order valence-corrected chi connectivity index (χ0v) is 14.5. The number of carbonyl (C=O) groups excluding carboxylic acids is 1. The van der Waals surface area contributed by atoms with E-state index in [0.29, 0.717) is 53.6 Å².